The van der Waals surface area contributed by atoms with Gasteiger partial charge in [0.15, 0.2) is 5.82 Å². The lowest BCUT2D eigenvalue weighted by Gasteiger charge is -2.14. The Morgan fingerprint density at radius 2 is 2.33 bits per heavy atom. The van der Waals surface area contributed by atoms with Gasteiger partial charge in [-0.2, -0.15) is 4.98 Å². The van der Waals surface area contributed by atoms with Crippen LogP contribution in [-0.4, -0.2) is 41.5 Å². The maximum atomic E-state index is 5.89. The van der Waals surface area contributed by atoms with Gasteiger partial charge in [0.1, 0.15) is 5.02 Å². The number of nitrogens with two attached hydrogens (primary N) is 1. The molecule has 1 aromatic heterocycles. The van der Waals surface area contributed by atoms with E-state index in [1.165, 1.54) is 6.20 Å². The van der Waals surface area contributed by atoms with Crippen molar-refractivity contribution in [3.63, 3.8) is 0 Å². The van der Waals surface area contributed by atoms with Crippen LogP contribution in [-0.2, 0) is 0 Å². The van der Waals surface area contributed by atoms with Crippen LogP contribution in [0.1, 0.15) is 6.92 Å². The first kappa shape index (κ1) is 12.0. The van der Waals surface area contributed by atoms with Crippen LogP contribution in [0.5, 0.6) is 0 Å². The second kappa shape index (κ2) is 5.72. The number of anilines is 2. The molecule has 0 saturated carbocycles. The zero-order valence-electron chi connectivity index (χ0n) is 9.00. The smallest absolute Gasteiger partial charge is 0.222 e. The topological polar surface area (TPSA) is 67.1 Å². The van der Waals surface area contributed by atoms with E-state index in [9.17, 15) is 0 Å². The molecule has 6 heteroatoms. The molecule has 1 heterocycles. The van der Waals surface area contributed by atoms with E-state index in [4.69, 9.17) is 17.3 Å². The molecule has 1 aromatic rings. The maximum absolute atomic E-state index is 5.89. The quantitative estimate of drug-likeness (QED) is 0.791. The molecule has 3 N–H and O–H groups in total. The number of nitrogens with one attached hydrogen (secondary N) is 1. The number of aromatic nitrogens is 2. The van der Waals surface area contributed by atoms with Gasteiger partial charge in [-0.05, 0) is 13.6 Å². The van der Waals surface area contributed by atoms with Crippen molar-refractivity contribution in [1.82, 2.24) is 14.9 Å². The second-order valence-corrected chi connectivity index (χ2v) is 3.65. The van der Waals surface area contributed by atoms with Crippen LogP contribution in [0, 0.1) is 0 Å². The molecule has 84 valence electrons. The highest BCUT2D eigenvalue weighted by molar-refractivity contribution is 6.32. The van der Waals surface area contributed by atoms with Gasteiger partial charge in [-0.3, -0.25) is 0 Å². The van der Waals surface area contributed by atoms with Gasteiger partial charge in [0.2, 0.25) is 5.95 Å². The minimum absolute atomic E-state index is 0.228. The lowest BCUT2D eigenvalue weighted by atomic mass is 10.5. The lowest BCUT2D eigenvalue weighted by molar-refractivity contribution is 0.367. The first-order valence-corrected chi connectivity index (χ1v) is 5.21. The largest absolute Gasteiger partial charge is 0.368 e. The predicted molar refractivity (Wildman–Crippen MR) is 63.1 cm³/mol. The summed E-state index contributed by atoms with van der Waals surface area (Å²) in [5, 5.41) is 3.60. The highest BCUT2D eigenvalue weighted by Gasteiger charge is 2.02. The van der Waals surface area contributed by atoms with Gasteiger partial charge in [-0.15, -0.1) is 0 Å². The summed E-state index contributed by atoms with van der Waals surface area (Å²) >= 11 is 5.89. The Labute approximate surface area is 94.6 Å². The van der Waals surface area contributed by atoms with E-state index < -0.39 is 0 Å². The summed E-state index contributed by atoms with van der Waals surface area (Å²) in [6, 6.07) is 0. The molecular formula is C9H16ClN5. The molecule has 0 saturated heterocycles. The van der Waals surface area contributed by atoms with Gasteiger partial charge in [0.05, 0.1) is 6.20 Å². The Balaban J connectivity index is 2.46. The monoisotopic (exact) mass is 229 g/mol. The van der Waals surface area contributed by atoms with Crippen molar-refractivity contribution in [3.05, 3.63) is 11.2 Å². The average Bonchev–Trinajstić information content (AvgIpc) is 2.23. The third-order valence-corrected chi connectivity index (χ3v) is 2.37. The molecule has 0 amide bonds. The first-order valence-electron chi connectivity index (χ1n) is 4.84. The van der Waals surface area contributed by atoms with Crippen molar-refractivity contribution in [2.75, 3.05) is 37.7 Å². The fourth-order valence-electron chi connectivity index (χ4n) is 1.03. The van der Waals surface area contributed by atoms with E-state index in [2.05, 4.69) is 34.2 Å². The molecule has 15 heavy (non-hydrogen) atoms. The van der Waals surface area contributed by atoms with Gasteiger partial charge < -0.3 is 16.0 Å². The second-order valence-electron chi connectivity index (χ2n) is 3.25. The minimum Gasteiger partial charge on any atom is -0.368 e. The number of hydrogen-bond donors (Lipinski definition) is 2. The maximum Gasteiger partial charge on any atom is 0.222 e. The fourth-order valence-corrected chi connectivity index (χ4v) is 1.19. The molecule has 1 rings (SSSR count). The molecule has 0 aliphatic heterocycles. The Kier molecular flexibility index (Phi) is 4.58. The van der Waals surface area contributed by atoms with E-state index in [1.807, 2.05) is 0 Å². The Morgan fingerprint density at radius 3 is 3.00 bits per heavy atom. The van der Waals surface area contributed by atoms with Crippen molar-refractivity contribution in [3.8, 4) is 0 Å². The van der Waals surface area contributed by atoms with Crippen LogP contribution in [0.3, 0.4) is 0 Å². The molecule has 0 atom stereocenters. The van der Waals surface area contributed by atoms with Crippen molar-refractivity contribution in [2.24, 2.45) is 0 Å². The molecule has 0 radical (unpaired) electrons. The van der Waals surface area contributed by atoms with Crippen molar-refractivity contribution < 1.29 is 0 Å². The molecule has 5 nitrogen and oxygen atoms in total. The van der Waals surface area contributed by atoms with Gasteiger partial charge in [-0.1, -0.05) is 18.5 Å². The van der Waals surface area contributed by atoms with Crippen LogP contribution in [0.2, 0.25) is 5.02 Å². The molecule has 0 aromatic carbocycles. The molecule has 0 aliphatic rings. The van der Waals surface area contributed by atoms with Gasteiger partial charge in [0.25, 0.3) is 0 Å². The van der Waals surface area contributed by atoms with Crippen molar-refractivity contribution in [1.29, 1.82) is 0 Å². The number of nitrogen functional groups attached to an aromatic ring is 1. The van der Waals surface area contributed by atoms with E-state index in [-0.39, 0.29) is 5.95 Å². The highest BCUT2D eigenvalue weighted by atomic mass is 35.5. The molecule has 0 fully saturated rings. The van der Waals surface area contributed by atoms with Crippen LogP contribution in [0.4, 0.5) is 11.8 Å². The number of rotatable bonds is 5. The fraction of sp³-hybridized carbons (Fsp3) is 0.556. The van der Waals surface area contributed by atoms with Crippen molar-refractivity contribution >= 4 is 23.4 Å². The summed E-state index contributed by atoms with van der Waals surface area (Å²) in [7, 11) is 2.05. The van der Waals surface area contributed by atoms with Crippen LogP contribution < -0.4 is 11.1 Å². The number of likely N-dealkylation sites (N-methyl/N-ethyl adjacent to an activating group) is 1. The van der Waals surface area contributed by atoms with E-state index in [0.717, 1.165) is 19.6 Å². The van der Waals surface area contributed by atoms with E-state index in [0.29, 0.717) is 10.8 Å². The minimum atomic E-state index is 0.228. The van der Waals surface area contributed by atoms with E-state index >= 15 is 0 Å². The normalized spacial score (nSPS) is 10.7. The average molecular weight is 230 g/mol. The third kappa shape index (κ3) is 3.89. The summed E-state index contributed by atoms with van der Waals surface area (Å²) in [5.74, 6) is 0.819. The van der Waals surface area contributed by atoms with Gasteiger partial charge >= 0.3 is 0 Å². The van der Waals surface area contributed by atoms with Crippen LogP contribution >= 0.6 is 11.6 Å². The predicted octanol–water partition coefficient (Wildman–Crippen LogP) is 1.08. The number of nitrogens with zero attached hydrogens (tertiary/aromatic N) is 3. The molecule has 0 spiro atoms. The molecule has 0 unspecified atom stereocenters. The summed E-state index contributed by atoms with van der Waals surface area (Å²) in [6.07, 6.45) is 1.50. The standard InChI is InChI=1S/C9H16ClN5/c1-3-15(2)5-4-12-8-7(10)6-13-9(11)14-8/h6H,3-5H2,1-2H3,(H3,11,12,13,14). The number of hydrogen-bond acceptors (Lipinski definition) is 5. The zero-order chi connectivity index (χ0) is 11.3. The summed E-state index contributed by atoms with van der Waals surface area (Å²) in [5.41, 5.74) is 5.45. The summed E-state index contributed by atoms with van der Waals surface area (Å²) in [4.78, 5) is 9.97. The van der Waals surface area contributed by atoms with Crippen LogP contribution in [0.15, 0.2) is 6.20 Å². The molecular weight excluding hydrogens is 214 g/mol. The third-order valence-electron chi connectivity index (χ3n) is 2.09. The van der Waals surface area contributed by atoms with Gasteiger partial charge in [0, 0.05) is 13.1 Å². The SMILES string of the molecule is CCN(C)CCNc1nc(N)ncc1Cl. The van der Waals surface area contributed by atoms with Crippen LogP contribution in [0.25, 0.3) is 0 Å². The van der Waals surface area contributed by atoms with Crippen molar-refractivity contribution in [2.45, 2.75) is 6.92 Å². The zero-order valence-corrected chi connectivity index (χ0v) is 9.75. The Hall–Kier alpha value is -1.07. The summed E-state index contributed by atoms with van der Waals surface area (Å²) in [6.45, 7) is 4.83. The summed E-state index contributed by atoms with van der Waals surface area (Å²) < 4.78 is 0. The van der Waals surface area contributed by atoms with E-state index in [1.54, 1.807) is 0 Å². The van der Waals surface area contributed by atoms with Gasteiger partial charge in [-0.25, -0.2) is 4.98 Å². The molecule has 0 bridgehead atoms. The molecule has 0 aliphatic carbocycles. The highest BCUT2D eigenvalue weighted by Crippen LogP contribution is 2.17. The first-order chi connectivity index (χ1) is 7.13. The number of halogens is 1. The Morgan fingerprint density at radius 1 is 1.60 bits per heavy atom. The lowest BCUT2D eigenvalue weighted by Crippen LogP contribution is -2.25. The Bertz CT molecular complexity index is 317.